The summed E-state index contributed by atoms with van der Waals surface area (Å²) >= 11 is 2.21. The molecule has 0 bridgehead atoms. The number of hydrogen-bond donors (Lipinski definition) is 0. The Bertz CT molecular complexity index is 826. The van der Waals surface area contributed by atoms with Crippen molar-refractivity contribution >= 4 is 28.6 Å². The molecule has 0 radical (unpaired) electrons. The van der Waals surface area contributed by atoms with Crippen LogP contribution in [-0.4, -0.2) is 10.5 Å². The normalized spacial score (nSPS) is 10.6. The number of rotatable bonds is 5. The van der Waals surface area contributed by atoms with Gasteiger partial charge in [0, 0.05) is 3.57 Å². The molecular formula is C19H18IN2O2+. The van der Waals surface area contributed by atoms with Crippen molar-refractivity contribution < 1.29 is 14.1 Å². The van der Waals surface area contributed by atoms with Crippen LogP contribution in [0.2, 0.25) is 0 Å². The summed E-state index contributed by atoms with van der Waals surface area (Å²) in [6.07, 6.45) is 4.01. The van der Waals surface area contributed by atoms with Gasteiger partial charge >= 0.3 is 5.97 Å². The first kappa shape index (κ1) is 16.7. The van der Waals surface area contributed by atoms with Gasteiger partial charge in [-0.3, -0.25) is 0 Å². The third-order valence-electron chi connectivity index (χ3n) is 3.73. The van der Waals surface area contributed by atoms with E-state index < -0.39 is 0 Å². The van der Waals surface area contributed by atoms with Gasteiger partial charge in [-0.05, 0) is 52.4 Å². The second-order valence-corrected chi connectivity index (χ2v) is 6.83. The maximum Gasteiger partial charge on any atom is 0.338 e. The highest BCUT2D eigenvalue weighted by Gasteiger charge is 2.14. The lowest BCUT2D eigenvalue weighted by Crippen LogP contribution is -2.31. The molecule has 3 aromatic rings. The van der Waals surface area contributed by atoms with E-state index in [9.17, 15) is 4.79 Å². The molecule has 0 fully saturated rings. The number of carbonyl (C=O) groups is 1. The number of ether oxygens (including phenoxy) is 1. The number of imidazole rings is 1. The van der Waals surface area contributed by atoms with Crippen LogP contribution in [-0.2, 0) is 24.9 Å². The summed E-state index contributed by atoms with van der Waals surface area (Å²) in [6, 6.07) is 17.6. The van der Waals surface area contributed by atoms with E-state index in [0.29, 0.717) is 5.56 Å². The van der Waals surface area contributed by atoms with Crippen LogP contribution in [0.15, 0.2) is 67.1 Å². The number of nitrogens with zero attached hydrogens (tertiary/aromatic N) is 2. The van der Waals surface area contributed by atoms with Crippen LogP contribution in [0.1, 0.15) is 21.6 Å². The molecular weight excluding hydrogens is 415 g/mol. The third kappa shape index (κ3) is 4.23. The van der Waals surface area contributed by atoms with Crippen LogP contribution in [0.4, 0.5) is 0 Å². The zero-order valence-electron chi connectivity index (χ0n) is 13.4. The van der Waals surface area contributed by atoms with Gasteiger partial charge in [-0.1, -0.05) is 30.3 Å². The maximum atomic E-state index is 12.1. The van der Waals surface area contributed by atoms with Crippen LogP contribution in [0, 0.1) is 3.57 Å². The fraction of sp³-hybridized carbons (Fsp3) is 0.158. The summed E-state index contributed by atoms with van der Waals surface area (Å²) in [5, 5.41) is 0. The van der Waals surface area contributed by atoms with Gasteiger partial charge in [0.2, 0.25) is 6.33 Å². The van der Waals surface area contributed by atoms with Gasteiger partial charge < -0.3 is 4.74 Å². The largest absolute Gasteiger partial charge is 0.453 e. The van der Waals surface area contributed by atoms with Crippen molar-refractivity contribution in [1.29, 1.82) is 0 Å². The molecule has 1 heterocycles. The molecule has 5 heteroatoms. The quantitative estimate of drug-likeness (QED) is 0.352. The highest BCUT2D eigenvalue weighted by atomic mass is 127. The van der Waals surface area contributed by atoms with Crippen molar-refractivity contribution in [1.82, 2.24) is 4.57 Å². The molecule has 0 amide bonds. The minimum atomic E-state index is -0.304. The standard InChI is InChI=1S/C19H18IN2O2/c1-21-14-22(11-15-5-3-2-4-6-15)12-18(21)13-24-19(23)16-7-9-17(20)10-8-16/h2-10,12,14H,11,13H2,1H3/q+1. The number of benzene rings is 2. The van der Waals surface area contributed by atoms with Crippen molar-refractivity contribution in [3.8, 4) is 0 Å². The molecule has 1 aromatic heterocycles. The number of aryl methyl sites for hydroxylation is 1. The fourth-order valence-corrected chi connectivity index (χ4v) is 2.80. The average Bonchev–Trinajstić information content (AvgIpc) is 2.93. The first-order valence-electron chi connectivity index (χ1n) is 7.63. The van der Waals surface area contributed by atoms with E-state index in [1.54, 1.807) is 12.1 Å². The monoisotopic (exact) mass is 433 g/mol. The number of aromatic nitrogens is 2. The van der Waals surface area contributed by atoms with E-state index in [-0.39, 0.29) is 12.6 Å². The minimum Gasteiger partial charge on any atom is -0.453 e. The van der Waals surface area contributed by atoms with Crippen molar-refractivity contribution in [3.05, 3.63) is 87.5 Å². The van der Waals surface area contributed by atoms with Crippen LogP contribution in [0.3, 0.4) is 0 Å². The van der Waals surface area contributed by atoms with Gasteiger partial charge in [-0.2, -0.15) is 0 Å². The lowest BCUT2D eigenvalue weighted by atomic mass is 10.2. The van der Waals surface area contributed by atoms with Crippen LogP contribution < -0.4 is 4.57 Å². The first-order chi connectivity index (χ1) is 11.6. The summed E-state index contributed by atoms with van der Waals surface area (Å²) in [5.41, 5.74) is 2.75. The molecule has 3 rings (SSSR count). The Kier molecular flexibility index (Phi) is 5.30. The lowest BCUT2D eigenvalue weighted by molar-refractivity contribution is -0.688. The number of carbonyl (C=O) groups excluding carboxylic acids is 1. The minimum absolute atomic E-state index is 0.253. The predicted octanol–water partition coefficient (Wildman–Crippen LogP) is 3.32. The Hall–Kier alpha value is -2.15. The van der Waals surface area contributed by atoms with Crippen LogP contribution in [0.25, 0.3) is 0 Å². The van der Waals surface area contributed by atoms with E-state index in [1.807, 2.05) is 54.5 Å². The fourth-order valence-electron chi connectivity index (χ4n) is 2.44. The second-order valence-electron chi connectivity index (χ2n) is 5.59. The molecule has 122 valence electrons. The summed E-state index contributed by atoms with van der Waals surface area (Å²) in [5.74, 6) is -0.304. The Morgan fingerprint density at radius 1 is 1.12 bits per heavy atom. The van der Waals surface area contributed by atoms with Gasteiger partial charge in [0.25, 0.3) is 0 Å². The Morgan fingerprint density at radius 2 is 1.83 bits per heavy atom. The highest BCUT2D eigenvalue weighted by molar-refractivity contribution is 14.1. The van der Waals surface area contributed by atoms with Crippen molar-refractivity contribution in [3.63, 3.8) is 0 Å². The van der Waals surface area contributed by atoms with Gasteiger partial charge in [0.1, 0.15) is 12.7 Å². The molecule has 0 N–H and O–H groups in total. The van der Waals surface area contributed by atoms with Crippen LogP contribution >= 0.6 is 22.6 Å². The molecule has 2 aromatic carbocycles. The lowest BCUT2D eigenvalue weighted by Gasteiger charge is -2.02. The topological polar surface area (TPSA) is 35.1 Å². The zero-order chi connectivity index (χ0) is 16.9. The SMILES string of the molecule is Cn1c[n+](Cc2ccccc2)cc1COC(=O)c1ccc(I)cc1. The molecule has 0 saturated heterocycles. The molecule has 24 heavy (non-hydrogen) atoms. The van der Waals surface area contributed by atoms with Gasteiger partial charge in [0.05, 0.1) is 12.6 Å². The number of hydrogen-bond acceptors (Lipinski definition) is 2. The molecule has 0 saturated carbocycles. The smallest absolute Gasteiger partial charge is 0.338 e. The third-order valence-corrected chi connectivity index (χ3v) is 4.45. The first-order valence-corrected chi connectivity index (χ1v) is 8.70. The van der Waals surface area contributed by atoms with E-state index in [1.165, 1.54) is 5.56 Å². The average molecular weight is 433 g/mol. The molecule has 0 aliphatic rings. The van der Waals surface area contributed by atoms with Gasteiger partial charge in [0.15, 0.2) is 12.3 Å². The van der Waals surface area contributed by atoms with Crippen molar-refractivity contribution in [2.45, 2.75) is 13.2 Å². The van der Waals surface area contributed by atoms with E-state index in [0.717, 1.165) is 15.8 Å². The van der Waals surface area contributed by atoms with Crippen molar-refractivity contribution in [2.24, 2.45) is 7.05 Å². The predicted molar refractivity (Wildman–Crippen MR) is 99.4 cm³/mol. The van der Waals surface area contributed by atoms with E-state index >= 15 is 0 Å². The summed E-state index contributed by atoms with van der Waals surface area (Å²) < 4.78 is 10.6. The van der Waals surface area contributed by atoms with Crippen LogP contribution in [0.5, 0.6) is 0 Å². The zero-order valence-corrected chi connectivity index (χ0v) is 15.5. The van der Waals surface area contributed by atoms with Gasteiger partial charge in [-0.25, -0.2) is 13.9 Å². The van der Waals surface area contributed by atoms with E-state index in [4.69, 9.17) is 4.74 Å². The summed E-state index contributed by atoms with van der Waals surface area (Å²) in [6.45, 7) is 1.04. The molecule has 0 atom stereocenters. The maximum absolute atomic E-state index is 12.1. The summed E-state index contributed by atoms with van der Waals surface area (Å²) in [4.78, 5) is 12.1. The highest BCUT2D eigenvalue weighted by Crippen LogP contribution is 2.09. The number of esters is 1. The number of halogens is 1. The van der Waals surface area contributed by atoms with Crippen molar-refractivity contribution in [2.75, 3.05) is 0 Å². The Labute approximate surface area is 154 Å². The van der Waals surface area contributed by atoms with E-state index in [2.05, 4.69) is 39.3 Å². The molecule has 0 aliphatic heterocycles. The van der Waals surface area contributed by atoms with Gasteiger partial charge in [-0.15, -0.1) is 0 Å². The molecule has 0 aliphatic carbocycles. The Morgan fingerprint density at radius 3 is 2.54 bits per heavy atom. The molecule has 0 unspecified atom stereocenters. The Balaban J connectivity index is 1.63. The molecule has 0 spiro atoms. The second kappa shape index (κ2) is 7.61. The summed E-state index contributed by atoms with van der Waals surface area (Å²) in [7, 11) is 1.95. The molecule has 4 nitrogen and oxygen atoms in total.